The summed E-state index contributed by atoms with van der Waals surface area (Å²) in [7, 11) is 1.50. The molecular weight excluding hydrogens is 570 g/mol. The van der Waals surface area contributed by atoms with Crippen LogP contribution in [0.15, 0.2) is 49.2 Å². The minimum atomic E-state index is -0.502. The lowest BCUT2D eigenvalue weighted by molar-refractivity contribution is -0.145. The zero-order valence-electron chi connectivity index (χ0n) is 19.1. The predicted octanol–water partition coefficient (Wildman–Crippen LogP) is 5.10. The van der Waals surface area contributed by atoms with Crippen LogP contribution < -0.4 is 15.0 Å². The normalized spacial score (nSPS) is 11.2. The van der Waals surface area contributed by atoms with Gasteiger partial charge in [0.15, 0.2) is 18.1 Å². The molecule has 0 atom stereocenters. The molecule has 34 heavy (non-hydrogen) atoms. The number of aryl methyl sites for hydroxylation is 1. The highest BCUT2D eigenvalue weighted by atomic mass is 79.9. The maximum absolute atomic E-state index is 13.3. The molecule has 0 fully saturated rings. The molecule has 0 radical (unpaired) electrons. The summed E-state index contributed by atoms with van der Waals surface area (Å²) in [6, 6.07) is 8.87. The van der Waals surface area contributed by atoms with Crippen LogP contribution in [-0.2, 0) is 16.0 Å². The van der Waals surface area contributed by atoms with Crippen molar-refractivity contribution in [1.29, 1.82) is 0 Å². The third-order valence-electron chi connectivity index (χ3n) is 4.85. The van der Waals surface area contributed by atoms with Crippen LogP contribution in [0, 0.1) is 0 Å². The molecule has 0 saturated carbocycles. The van der Waals surface area contributed by atoms with Gasteiger partial charge in [0, 0.05) is 20.9 Å². The number of carbonyl (C=O) groups is 1. The van der Waals surface area contributed by atoms with E-state index >= 15 is 0 Å². The Labute approximate surface area is 214 Å². The van der Waals surface area contributed by atoms with Crippen molar-refractivity contribution in [2.24, 2.45) is 5.10 Å². The molecule has 10 heteroatoms. The number of nitrogens with zero attached hydrogens (tertiary/aromatic N) is 3. The van der Waals surface area contributed by atoms with Crippen molar-refractivity contribution in [3.63, 3.8) is 0 Å². The van der Waals surface area contributed by atoms with Gasteiger partial charge in [-0.1, -0.05) is 45.2 Å². The standard InChI is InChI=1S/C24H25Br2N3O5/c1-4-6-7-21-28-19-9-8-16(25)11-18(19)24(31)29(21)27-13-15-10-17(26)12-20(32-3)23(15)34-14-22(30)33-5-2/h8-13H,4-7,14H2,1-3H3. The lowest BCUT2D eigenvalue weighted by Crippen LogP contribution is -2.22. The van der Waals surface area contributed by atoms with Gasteiger partial charge in [-0.2, -0.15) is 9.78 Å². The van der Waals surface area contributed by atoms with Crippen LogP contribution in [0.25, 0.3) is 10.9 Å². The summed E-state index contributed by atoms with van der Waals surface area (Å²) >= 11 is 6.86. The van der Waals surface area contributed by atoms with E-state index in [0.29, 0.717) is 44.7 Å². The Hall–Kier alpha value is -2.72. The van der Waals surface area contributed by atoms with Crippen LogP contribution in [0.5, 0.6) is 11.5 Å². The molecule has 0 saturated heterocycles. The fraction of sp³-hybridized carbons (Fsp3) is 0.333. The summed E-state index contributed by atoms with van der Waals surface area (Å²) in [4.78, 5) is 29.8. The largest absolute Gasteiger partial charge is 0.493 e. The van der Waals surface area contributed by atoms with E-state index < -0.39 is 5.97 Å². The van der Waals surface area contributed by atoms with Gasteiger partial charge in [0.2, 0.25) is 0 Å². The number of methoxy groups -OCH3 is 1. The second-order valence-corrected chi connectivity index (χ2v) is 9.11. The number of hydrogen-bond acceptors (Lipinski definition) is 7. The monoisotopic (exact) mass is 593 g/mol. The van der Waals surface area contributed by atoms with Crippen molar-refractivity contribution in [3.05, 3.63) is 61.0 Å². The molecule has 1 aromatic heterocycles. The van der Waals surface area contributed by atoms with Crippen molar-refractivity contribution in [2.45, 2.75) is 33.1 Å². The Balaban J connectivity index is 2.09. The summed E-state index contributed by atoms with van der Waals surface area (Å²) in [5, 5.41) is 4.93. The van der Waals surface area contributed by atoms with Gasteiger partial charge in [0.05, 0.1) is 30.8 Å². The first-order valence-electron chi connectivity index (χ1n) is 10.8. The first-order chi connectivity index (χ1) is 16.4. The third kappa shape index (κ3) is 6.24. The zero-order chi connectivity index (χ0) is 24.7. The molecule has 0 bridgehead atoms. The number of benzene rings is 2. The molecule has 180 valence electrons. The van der Waals surface area contributed by atoms with Gasteiger partial charge >= 0.3 is 5.97 Å². The first-order valence-corrected chi connectivity index (χ1v) is 12.4. The van der Waals surface area contributed by atoms with E-state index in [1.165, 1.54) is 18.0 Å². The highest BCUT2D eigenvalue weighted by Crippen LogP contribution is 2.34. The molecule has 0 unspecified atom stereocenters. The van der Waals surface area contributed by atoms with E-state index in [-0.39, 0.29) is 18.8 Å². The topological polar surface area (TPSA) is 92.0 Å². The van der Waals surface area contributed by atoms with Crippen molar-refractivity contribution in [2.75, 3.05) is 20.3 Å². The number of hydrogen-bond donors (Lipinski definition) is 0. The quantitative estimate of drug-likeness (QED) is 0.240. The molecule has 0 spiro atoms. The SMILES string of the molecule is CCCCc1nc2ccc(Br)cc2c(=O)n1N=Cc1cc(Br)cc(OC)c1OCC(=O)OCC. The summed E-state index contributed by atoms with van der Waals surface area (Å²) in [5.74, 6) is 0.771. The van der Waals surface area contributed by atoms with E-state index in [9.17, 15) is 9.59 Å². The van der Waals surface area contributed by atoms with Gasteiger partial charge in [-0.3, -0.25) is 4.79 Å². The fourth-order valence-electron chi connectivity index (χ4n) is 3.26. The molecule has 0 N–H and O–H groups in total. The Bertz CT molecular complexity index is 1270. The lowest BCUT2D eigenvalue weighted by Gasteiger charge is -2.14. The molecule has 1 heterocycles. The smallest absolute Gasteiger partial charge is 0.344 e. The summed E-state index contributed by atoms with van der Waals surface area (Å²) in [6.45, 7) is 3.76. The summed E-state index contributed by atoms with van der Waals surface area (Å²) < 4.78 is 18.9. The lowest BCUT2D eigenvalue weighted by atomic mass is 10.2. The second-order valence-electron chi connectivity index (χ2n) is 7.27. The molecule has 8 nitrogen and oxygen atoms in total. The maximum Gasteiger partial charge on any atom is 0.344 e. The van der Waals surface area contributed by atoms with Gasteiger partial charge < -0.3 is 14.2 Å². The highest BCUT2D eigenvalue weighted by Gasteiger charge is 2.15. The zero-order valence-corrected chi connectivity index (χ0v) is 22.3. The van der Waals surface area contributed by atoms with Crippen molar-refractivity contribution < 1.29 is 19.0 Å². The summed E-state index contributed by atoms with van der Waals surface area (Å²) in [5.41, 5.74) is 0.858. The molecule has 3 rings (SSSR count). The summed E-state index contributed by atoms with van der Waals surface area (Å²) in [6.07, 6.45) is 3.91. The average Bonchev–Trinajstić information content (AvgIpc) is 2.81. The van der Waals surface area contributed by atoms with Crippen LogP contribution in [0.1, 0.15) is 38.1 Å². The molecule has 0 aliphatic rings. The minimum Gasteiger partial charge on any atom is -0.493 e. The van der Waals surface area contributed by atoms with Crippen LogP contribution in [0.3, 0.4) is 0 Å². The van der Waals surface area contributed by atoms with Gasteiger partial charge in [0.25, 0.3) is 5.56 Å². The number of fused-ring (bicyclic) bond motifs is 1. The van der Waals surface area contributed by atoms with Crippen LogP contribution in [0.2, 0.25) is 0 Å². The van der Waals surface area contributed by atoms with E-state index in [1.54, 1.807) is 25.1 Å². The van der Waals surface area contributed by atoms with Crippen molar-refractivity contribution in [1.82, 2.24) is 9.66 Å². The van der Waals surface area contributed by atoms with Gasteiger partial charge in [-0.15, -0.1) is 0 Å². The van der Waals surface area contributed by atoms with Crippen LogP contribution in [-0.4, -0.2) is 42.2 Å². The van der Waals surface area contributed by atoms with Crippen LogP contribution in [0.4, 0.5) is 0 Å². The number of ether oxygens (including phenoxy) is 3. The number of unbranched alkanes of at least 4 members (excludes halogenated alkanes) is 1. The Morgan fingerprint density at radius 3 is 2.68 bits per heavy atom. The van der Waals surface area contributed by atoms with Gasteiger partial charge in [-0.25, -0.2) is 9.78 Å². The molecule has 3 aromatic rings. The van der Waals surface area contributed by atoms with E-state index in [1.807, 2.05) is 12.1 Å². The number of carbonyl (C=O) groups excluding carboxylic acids is 1. The number of aromatic nitrogens is 2. The third-order valence-corrected chi connectivity index (χ3v) is 5.80. The molecular formula is C24H25Br2N3O5. The molecule has 0 amide bonds. The van der Waals surface area contributed by atoms with Crippen LogP contribution >= 0.6 is 31.9 Å². The fourth-order valence-corrected chi connectivity index (χ4v) is 4.07. The van der Waals surface area contributed by atoms with E-state index in [0.717, 1.165) is 17.3 Å². The molecule has 0 aliphatic carbocycles. The van der Waals surface area contributed by atoms with Crippen molar-refractivity contribution >= 4 is 54.9 Å². The second kappa shape index (κ2) is 12.1. The maximum atomic E-state index is 13.3. The molecule has 2 aromatic carbocycles. The van der Waals surface area contributed by atoms with Crippen molar-refractivity contribution in [3.8, 4) is 11.5 Å². The number of halogens is 2. The Kier molecular flexibility index (Phi) is 9.23. The highest BCUT2D eigenvalue weighted by molar-refractivity contribution is 9.10. The minimum absolute atomic E-state index is 0.252. The van der Waals surface area contributed by atoms with E-state index in [4.69, 9.17) is 14.2 Å². The first kappa shape index (κ1) is 25.9. The Morgan fingerprint density at radius 1 is 1.18 bits per heavy atom. The van der Waals surface area contributed by atoms with Gasteiger partial charge in [-0.05, 0) is 43.7 Å². The number of esters is 1. The Morgan fingerprint density at radius 2 is 1.97 bits per heavy atom. The molecule has 0 aliphatic heterocycles. The predicted molar refractivity (Wildman–Crippen MR) is 138 cm³/mol. The van der Waals surface area contributed by atoms with Gasteiger partial charge in [0.1, 0.15) is 5.82 Å². The number of rotatable bonds is 10. The van der Waals surface area contributed by atoms with E-state index in [2.05, 4.69) is 48.9 Å². The average molecular weight is 595 g/mol.